The van der Waals surface area contributed by atoms with Crippen molar-refractivity contribution in [2.75, 3.05) is 0 Å². The van der Waals surface area contributed by atoms with Gasteiger partial charge in [-0.1, -0.05) is 0 Å². The summed E-state index contributed by atoms with van der Waals surface area (Å²) in [5, 5.41) is 3.12. The van der Waals surface area contributed by atoms with Gasteiger partial charge in [0, 0.05) is 0 Å². The van der Waals surface area contributed by atoms with Crippen LogP contribution in [0.25, 0.3) is 0 Å². The number of rotatable bonds is 2. The summed E-state index contributed by atoms with van der Waals surface area (Å²) in [7, 11) is 0. The molecule has 1 aromatic rings. The van der Waals surface area contributed by atoms with Gasteiger partial charge < -0.3 is 0 Å². The van der Waals surface area contributed by atoms with Crippen molar-refractivity contribution >= 4 is 44.8 Å². The minimum atomic E-state index is -0.951. The number of nitrogens with one attached hydrogen (secondary N) is 1. The number of amides is 1. The molecule has 3 nitrogen and oxygen atoms in total. The first-order valence-corrected chi connectivity index (χ1v) is 17.3. The molecule has 2 unspecified atom stereocenters. The van der Waals surface area contributed by atoms with Gasteiger partial charge in [-0.25, -0.2) is 0 Å². The Bertz CT molecular complexity index is 634. The fourth-order valence-corrected chi connectivity index (χ4v) is 6.53. The summed E-state index contributed by atoms with van der Waals surface area (Å²) in [6, 6.07) is 3.99. The minimum absolute atomic E-state index is 0.0603. The summed E-state index contributed by atoms with van der Waals surface area (Å²) in [5.74, 6) is 3.75. The molecule has 1 heterocycles. The first-order valence-electron chi connectivity index (χ1n) is 7.08. The van der Waals surface area contributed by atoms with Gasteiger partial charge >= 0.3 is 143 Å². The molecule has 0 bridgehead atoms. The number of nitrogens with zero attached hydrogens (tertiary/aromatic N) is 1. The van der Waals surface area contributed by atoms with Crippen LogP contribution in [0.15, 0.2) is 18.3 Å². The molecule has 6 heteroatoms. The molecule has 1 fully saturated rings. The van der Waals surface area contributed by atoms with Crippen molar-refractivity contribution in [3.05, 3.63) is 29.6 Å². The van der Waals surface area contributed by atoms with Crippen molar-refractivity contribution < 1.29 is 4.79 Å². The van der Waals surface area contributed by atoms with Crippen LogP contribution in [0.3, 0.4) is 0 Å². The van der Waals surface area contributed by atoms with Gasteiger partial charge in [-0.3, -0.25) is 0 Å². The van der Waals surface area contributed by atoms with Crippen LogP contribution in [-0.2, 0) is 11.8 Å². The van der Waals surface area contributed by atoms with Gasteiger partial charge in [-0.05, 0) is 0 Å². The van der Waals surface area contributed by atoms with Crippen molar-refractivity contribution in [3.63, 3.8) is 0 Å². The van der Waals surface area contributed by atoms with E-state index in [9.17, 15) is 4.79 Å². The average molecular weight is 509 g/mol. The van der Waals surface area contributed by atoms with E-state index in [0.717, 1.165) is 35.2 Å². The number of aryl methyl sites for hydroxylation is 1. The van der Waals surface area contributed by atoms with E-state index in [1.54, 1.807) is 6.20 Å². The van der Waals surface area contributed by atoms with Crippen molar-refractivity contribution in [3.8, 4) is 9.40 Å². The molecule has 0 spiro atoms. The number of pyridine rings is 1. The predicted molar refractivity (Wildman–Crippen MR) is 90.0 cm³/mol. The zero-order valence-corrected chi connectivity index (χ0v) is 18.2. The Morgan fingerprint density at radius 2 is 2.43 bits per heavy atom. The molecular weight excluding hydrogens is 492 g/mol. The summed E-state index contributed by atoms with van der Waals surface area (Å²) >= 11 is 4.01. The van der Waals surface area contributed by atoms with Crippen LogP contribution in [-0.4, -0.2) is 40.0 Å². The van der Waals surface area contributed by atoms with Gasteiger partial charge in [0.15, 0.2) is 0 Å². The van der Waals surface area contributed by atoms with Crippen molar-refractivity contribution in [1.82, 2.24) is 10.3 Å². The van der Waals surface area contributed by atoms with Gasteiger partial charge in [-0.15, -0.1) is 0 Å². The molecule has 1 saturated carbocycles. The zero-order chi connectivity index (χ0) is 15.1. The maximum absolute atomic E-state index is 12.3. The Labute approximate surface area is 143 Å². The Morgan fingerprint density at radius 3 is 3.19 bits per heavy atom. The first-order chi connectivity index (χ1) is 10.2. The Kier molecular flexibility index (Phi) is 7.35. The number of carbonyl (C=O) groups excluding carboxylic acids is 1. The molecule has 1 amide bonds. The van der Waals surface area contributed by atoms with Crippen LogP contribution in [0.4, 0.5) is 0 Å². The predicted octanol–water partition coefficient (Wildman–Crippen LogP) is 2.67. The molecule has 2 rings (SSSR count). The summed E-state index contributed by atoms with van der Waals surface area (Å²) in [4.78, 5) is 16.5. The Hall–Kier alpha value is -0.248. The van der Waals surface area contributed by atoms with Crippen LogP contribution in [0.2, 0.25) is 0 Å². The molecule has 0 aliphatic heterocycles. The van der Waals surface area contributed by atoms with Gasteiger partial charge in [0.05, 0.1) is 0 Å². The molecule has 21 heavy (non-hydrogen) atoms. The maximum atomic E-state index is 12.3. The fraction of sp³-hybridized carbons (Fsp3) is 0.467. The number of hydrogen-bond acceptors (Lipinski definition) is 3. The van der Waals surface area contributed by atoms with Gasteiger partial charge in [0.2, 0.25) is 0 Å². The molecule has 1 aromatic heterocycles. The second-order valence-electron chi connectivity index (χ2n) is 5.23. The second kappa shape index (κ2) is 9.02. The van der Waals surface area contributed by atoms with Crippen LogP contribution in [0.1, 0.15) is 41.7 Å². The van der Waals surface area contributed by atoms with E-state index in [2.05, 4.69) is 19.7 Å². The van der Waals surface area contributed by atoms with E-state index in [0.29, 0.717) is 11.6 Å². The molecule has 1 aliphatic rings. The van der Waals surface area contributed by atoms with E-state index in [1.165, 1.54) is 0 Å². The number of aromatic nitrogens is 1. The molecule has 0 saturated heterocycles. The molecule has 106 valence electrons. The Morgan fingerprint density at radius 1 is 1.57 bits per heavy atom. The summed E-state index contributed by atoms with van der Waals surface area (Å²) < 4.78 is 4.45. The fourth-order valence-electron chi connectivity index (χ4n) is 2.61. The quantitative estimate of drug-likeness (QED) is 0.380. The topological polar surface area (TPSA) is 42.0 Å². The summed E-state index contributed by atoms with van der Waals surface area (Å²) in [5.41, 5.74) is 1.45. The van der Waals surface area contributed by atoms with Crippen LogP contribution >= 0.6 is 4.00 Å². The van der Waals surface area contributed by atoms with Crippen LogP contribution < -0.4 is 5.32 Å². The van der Waals surface area contributed by atoms with E-state index >= 15 is 0 Å². The van der Waals surface area contributed by atoms with E-state index in [4.69, 9.17) is 11.8 Å². The van der Waals surface area contributed by atoms with Gasteiger partial charge in [0.1, 0.15) is 0 Å². The summed E-state index contributed by atoms with van der Waals surface area (Å²) in [6.07, 6.45) is 5.95. The number of hydrogen-bond donors (Lipinski definition) is 1. The van der Waals surface area contributed by atoms with Crippen LogP contribution in [0.5, 0.6) is 0 Å². The average Bonchev–Trinajstić information content (AvgIpc) is 2.48. The molecule has 0 aromatic carbocycles. The van der Waals surface area contributed by atoms with Crippen molar-refractivity contribution in [2.24, 2.45) is 5.92 Å². The standard InChI is InChI=1S/C15H17N2O.PS.Tl/c1-3-12-7-4-8-13(10-12)17-15(18)14-11(2)6-5-9-16-14;1-2;/h5-6,9,12-13H,4,7-8,10H2,2H3,(H,17,18);;/q;-1;+2. The van der Waals surface area contributed by atoms with E-state index in [1.807, 2.05) is 19.1 Å². The molecular formula is C15H17N2OPSTl+. The molecule has 0 radical (unpaired) electrons. The first kappa shape index (κ1) is 17.1. The van der Waals surface area contributed by atoms with Gasteiger partial charge in [-0.2, -0.15) is 0 Å². The third-order valence-electron chi connectivity index (χ3n) is 3.64. The Balaban J connectivity index is 1.97. The van der Waals surface area contributed by atoms with Crippen LogP contribution in [0, 0.1) is 22.2 Å². The van der Waals surface area contributed by atoms with Crippen molar-refractivity contribution in [1.29, 1.82) is 0 Å². The van der Waals surface area contributed by atoms with Gasteiger partial charge in [0.25, 0.3) is 0 Å². The third-order valence-corrected chi connectivity index (χ3v) is 10.0. The monoisotopic (exact) mass is 509 g/mol. The molecule has 1 aliphatic carbocycles. The number of carbonyl (C=O) groups is 1. The van der Waals surface area contributed by atoms with E-state index in [-0.39, 0.29) is 11.9 Å². The molecule has 2 atom stereocenters. The molecule has 1 N–H and O–H groups in total. The second-order valence-corrected chi connectivity index (χ2v) is 17.8. The third kappa shape index (κ3) is 5.46. The summed E-state index contributed by atoms with van der Waals surface area (Å²) in [6.45, 7) is 1.91. The SMILES string of the molecule is Cc1cccnc1C(=O)NC1CCCC(C#[C][Tl]=[P+]=S)C1. The zero-order valence-electron chi connectivity index (χ0n) is 12.0. The van der Waals surface area contributed by atoms with Crippen molar-refractivity contribution in [2.45, 2.75) is 38.6 Å². The normalized spacial score (nSPS) is 20.6. The van der Waals surface area contributed by atoms with E-state index < -0.39 is 23.1 Å².